The molecule has 0 aromatic heterocycles. The molecule has 0 amide bonds. The van der Waals surface area contributed by atoms with Crippen LogP contribution in [0.25, 0.3) is 0 Å². The van der Waals surface area contributed by atoms with Crippen molar-refractivity contribution in [2.75, 3.05) is 19.0 Å². The van der Waals surface area contributed by atoms with E-state index < -0.39 is 0 Å². The number of unbranched alkanes of at least 4 members (excludes halogenated alkanes) is 5. The number of thiol groups is 1. The van der Waals surface area contributed by atoms with E-state index in [9.17, 15) is 0 Å². The number of ether oxygens (including phenoxy) is 1. The Labute approximate surface area is 126 Å². The lowest BCUT2D eigenvalue weighted by Gasteiger charge is -2.30. The van der Waals surface area contributed by atoms with Crippen LogP contribution in [0, 0.1) is 5.41 Å². The zero-order valence-corrected chi connectivity index (χ0v) is 13.9. The van der Waals surface area contributed by atoms with Gasteiger partial charge in [0, 0.05) is 12.0 Å². The monoisotopic (exact) mass is 286 g/mol. The van der Waals surface area contributed by atoms with E-state index in [4.69, 9.17) is 4.74 Å². The lowest BCUT2D eigenvalue weighted by atomic mass is 9.83. The molecule has 0 aromatic carbocycles. The molecule has 0 atom stereocenters. The Morgan fingerprint density at radius 3 is 2.16 bits per heavy atom. The van der Waals surface area contributed by atoms with E-state index in [0.29, 0.717) is 5.41 Å². The standard InChI is InChI=1S/C17H34OS/c1-2-3-4-5-8-11-14-18-15-17(16-19)12-9-6-7-10-13-17/h19H,2-16H2,1H3. The number of hydrogen-bond acceptors (Lipinski definition) is 2. The third kappa shape index (κ3) is 7.60. The maximum atomic E-state index is 5.98. The summed E-state index contributed by atoms with van der Waals surface area (Å²) in [5, 5.41) is 0. The molecule has 1 fully saturated rings. The summed E-state index contributed by atoms with van der Waals surface area (Å²) in [6.07, 6.45) is 16.3. The van der Waals surface area contributed by atoms with Crippen LogP contribution in [-0.2, 0) is 4.74 Å². The van der Waals surface area contributed by atoms with Crippen LogP contribution in [0.3, 0.4) is 0 Å². The SMILES string of the molecule is CCCCCCCCOCC1(CS)CCCCCC1. The summed E-state index contributed by atoms with van der Waals surface area (Å²) in [6, 6.07) is 0. The first kappa shape index (κ1) is 17.4. The highest BCUT2D eigenvalue weighted by molar-refractivity contribution is 7.80. The highest BCUT2D eigenvalue weighted by Crippen LogP contribution is 2.36. The second kappa shape index (κ2) is 11.0. The van der Waals surface area contributed by atoms with Crippen LogP contribution >= 0.6 is 12.6 Å². The molecule has 0 aliphatic heterocycles. The fourth-order valence-corrected chi connectivity index (χ4v) is 3.51. The fourth-order valence-electron chi connectivity index (χ4n) is 3.10. The number of hydrogen-bond donors (Lipinski definition) is 1. The van der Waals surface area contributed by atoms with Gasteiger partial charge in [-0.15, -0.1) is 0 Å². The van der Waals surface area contributed by atoms with Crippen LogP contribution in [0.4, 0.5) is 0 Å². The summed E-state index contributed by atoms with van der Waals surface area (Å²) in [5.41, 5.74) is 0.391. The molecule has 0 heterocycles. The molecule has 2 heteroatoms. The highest BCUT2D eigenvalue weighted by Gasteiger charge is 2.29. The van der Waals surface area contributed by atoms with Crippen molar-refractivity contribution in [3.05, 3.63) is 0 Å². The Morgan fingerprint density at radius 2 is 1.53 bits per heavy atom. The molecule has 0 radical (unpaired) electrons. The van der Waals surface area contributed by atoms with E-state index in [1.165, 1.54) is 77.0 Å². The van der Waals surface area contributed by atoms with Gasteiger partial charge in [0.15, 0.2) is 0 Å². The summed E-state index contributed by atoms with van der Waals surface area (Å²) in [4.78, 5) is 0. The molecule has 0 bridgehead atoms. The number of rotatable bonds is 10. The van der Waals surface area contributed by atoms with E-state index in [1.54, 1.807) is 0 Å². The van der Waals surface area contributed by atoms with Crippen molar-refractivity contribution < 1.29 is 4.74 Å². The van der Waals surface area contributed by atoms with E-state index in [0.717, 1.165) is 19.0 Å². The Hall–Kier alpha value is 0.310. The molecule has 1 saturated carbocycles. The quantitative estimate of drug-likeness (QED) is 0.311. The lowest BCUT2D eigenvalue weighted by molar-refractivity contribution is 0.0450. The van der Waals surface area contributed by atoms with Crippen molar-refractivity contribution in [3.63, 3.8) is 0 Å². The topological polar surface area (TPSA) is 9.23 Å². The van der Waals surface area contributed by atoms with Crippen LogP contribution in [0.2, 0.25) is 0 Å². The van der Waals surface area contributed by atoms with Gasteiger partial charge in [-0.1, -0.05) is 64.7 Å². The third-order valence-corrected chi connectivity index (χ3v) is 5.22. The van der Waals surface area contributed by atoms with Crippen molar-refractivity contribution in [1.82, 2.24) is 0 Å². The molecule has 0 saturated heterocycles. The maximum absolute atomic E-state index is 5.98. The van der Waals surface area contributed by atoms with Gasteiger partial charge in [0.25, 0.3) is 0 Å². The predicted molar refractivity (Wildman–Crippen MR) is 88.2 cm³/mol. The lowest BCUT2D eigenvalue weighted by Crippen LogP contribution is -2.28. The molecular formula is C17H34OS. The zero-order valence-electron chi connectivity index (χ0n) is 13.0. The van der Waals surface area contributed by atoms with Gasteiger partial charge in [-0.3, -0.25) is 0 Å². The molecule has 0 aromatic rings. The molecule has 0 unspecified atom stereocenters. The van der Waals surface area contributed by atoms with E-state index in [1.807, 2.05) is 0 Å². The van der Waals surface area contributed by atoms with E-state index >= 15 is 0 Å². The normalized spacial score (nSPS) is 19.3. The van der Waals surface area contributed by atoms with Crippen LogP contribution < -0.4 is 0 Å². The molecule has 1 nitrogen and oxygen atoms in total. The minimum absolute atomic E-state index is 0.391. The Morgan fingerprint density at radius 1 is 0.895 bits per heavy atom. The van der Waals surface area contributed by atoms with Crippen molar-refractivity contribution in [3.8, 4) is 0 Å². The molecule has 0 N–H and O–H groups in total. The minimum atomic E-state index is 0.391. The fraction of sp³-hybridized carbons (Fsp3) is 1.00. The van der Waals surface area contributed by atoms with E-state index in [-0.39, 0.29) is 0 Å². The van der Waals surface area contributed by atoms with Crippen LogP contribution in [0.1, 0.15) is 84.0 Å². The minimum Gasteiger partial charge on any atom is -0.381 e. The van der Waals surface area contributed by atoms with Gasteiger partial charge < -0.3 is 4.74 Å². The van der Waals surface area contributed by atoms with Gasteiger partial charge in [0.1, 0.15) is 0 Å². The van der Waals surface area contributed by atoms with Gasteiger partial charge in [0.2, 0.25) is 0 Å². The van der Waals surface area contributed by atoms with Crippen molar-refractivity contribution >= 4 is 12.6 Å². The summed E-state index contributed by atoms with van der Waals surface area (Å²) in [6.45, 7) is 4.18. The third-order valence-electron chi connectivity index (χ3n) is 4.55. The smallest absolute Gasteiger partial charge is 0.0530 e. The summed E-state index contributed by atoms with van der Waals surface area (Å²) in [5.74, 6) is 1.00. The maximum Gasteiger partial charge on any atom is 0.0530 e. The van der Waals surface area contributed by atoms with Gasteiger partial charge >= 0.3 is 0 Å². The van der Waals surface area contributed by atoms with E-state index in [2.05, 4.69) is 19.6 Å². The second-order valence-corrected chi connectivity index (χ2v) is 6.71. The van der Waals surface area contributed by atoms with Crippen LogP contribution in [0.15, 0.2) is 0 Å². The first-order valence-corrected chi connectivity index (χ1v) is 9.15. The average Bonchev–Trinajstić information content (AvgIpc) is 2.68. The first-order chi connectivity index (χ1) is 9.33. The van der Waals surface area contributed by atoms with Gasteiger partial charge in [-0.2, -0.15) is 12.6 Å². The molecular weight excluding hydrogens is 252 g/mol. The van der Waals surface area contributed by atoms with Gasteiger partial charge in [-0.05, 0) is 25.0 Å². The van der Waals surface area contributed by atoms with Crippen LogP contribution in [0.5, 0.6) is 0 Å². The van der Waals surface area contributed by atoms with Gasteiger partial charge in [-0.25, -0.2) is 0 Å². The van der Waals surface area contributed by atoms with Gasteiger partial charge in [0.05, 0.1) is 6.61 Å². The second-order valence-electron chi connectivity index (χ2n) is 6.39. The zero-order chi connectivity index (χ0) is 13.8. The predicted octanol–water partition coefficient (Wildman–Crippen LogP) is 5.63. The molecule has 1 rings (SSSR count). The summed E-state index contributed by atoms with van der Waals surface area (Å²) < 4.78 is 5.98. The van der Waals surface area contributed by atoms with Crippen molar-refractivity contribution in [2.45, 2.75) is 84.0 Å². The highest BCUT2D eigenvalue weighted by atomic mass is 32.1. The molecule has 0 spiro atoms. The summed E-state index contributed by atoms with van der Waals surface area (Å²) >= 11 is 4.60. The Bertz CT molecular complexity index is 197. The average molecular weight is 287 g/mol. The van der Waals surface area contributed by atoms with Crippen molar-refractivity contribution in [2.24, 2.45) is 5.41 Å². The first-order valence-electron chi connectivity index (χ1n) is 8.51. The molecule has 1 aliphatic rings. The molecule has 1 aliphatic carbocycles. The van der Waals surface area contributed by atoms with Crippen molar-refractivity contribution in [1.29, 1.82) is 0 Å². The summed E-state index contributed by atoms with van der Waals surface area (Å²) in [7, 11) is 0. The molecule has 19 heavy (non-hydrogen) atoms. The Kier molecular flexibility index (Phi) is 10.1. The molecule has 114 valence electrons. The van der Waals surface area contributed by atoms with Crippen LogP contribution in [-0.4, -0.2) is 19.0 Å². The largest absolute Gasteiger partial charge is 0.381 e. The Balaban J connectivity index is 2.05.